The summed E-state index contributed by atoms with van der Waals surface area (Å²) in [6, 6.07) is 9.71. The second-order valence-corrected chi connectivity index (χ2v) is 5.78. The fraction of sp³-hybridized carbons (Fsp3) is 0.562. The Labute approximate surface area is 128 Å². The minimum absolute atomic E-state index is 0.131. The second-order valence-electron chi connectivity index (χ2n) is 5.78. The normalized spacial score (nSPS) is 40.7. The zero-order valence-electron chi connectivity index (χ0n) is 12.2. The first-order chi connectivity index (χ1) is 10.8. The number of ether oxygens (including phenoxy) is 5. The molecule has 3 aliphatic heterocycles. The van der Waals surface area contributed by atoms with Crippen molar-refractivity contribution in [1.29, 1.82) is 0 Å². The third kappa shape index (κ3) is 2.32. The lowest BCUT2D eigenvalue weighted by Crippen LogP contribution is -2.58. The van der Waals surface area contributed by atoms with Crippen molar-refractivity contribution < 1.29 is 28.5 Å². The van der Waals surface area contributed by atoms with E-state index in [2.05, 4.69) is 0 Å². The molecule has 3 heterocycles. The lowest BCUT2D eigenvalue weighted by Gasteiger charge is -2.45. The van der Waals surface area contributed by atoms with E-state index in [-0.39, 0.29) is 30.2 Å². The van der Waals surface area contributed by atoms with E-state index in [0.29, 0.717) is 13.0 Å². The SMILES string of the molecule is CO[C@H]1O[C@@H]2COC(c3ccccc3)O[C@H]2[C@H]2OC(=O)C[C@@H]12. The van der Waals surface area contributed by atoms with Gasteiger partial charge in [-0.2, -0.15) is 0 Å². The highest BCUT2D eigenvalue weighted by molar-refractivity contribution is 5.72. The summed E-state index contributed by atoms with van der Waals surface area (Å²) in [5.74, 6) is -0.360. The van der Waals surface area contributed by atoms with Crippen molar-refractivity contribution in [2.24, 2.45) is 5.92 Å². The quantitative estimate of drug-likeness (QED) is 0.770. The van der Waals surface area contributed by atoms with Crippen LogP contribution < -0.4 is 0 Å². The Morgan fingerprint density at radius 3 is 2.73 bits per heavy atom. The van der Waals surface area contributed by atoms with Gasteiger partial charge in [0.25, 0.3) is 0 Å². The van der Waals surface area contributed by atoms with Crippen molar-refractivity contribution in [3.05, 3.63) is 35.9 Å². The molecular weight excluding hydrogens is 288 g/mol. The molecule has 4 rings (SSSR count). The number of carbonyl (C=O) groups excluding carboxylic acids is 1. The molecule has 0 aliphatic carbocycles. The van der Waals surface area contributed by atoms with Crippen LogP contribution in [0.2, 0.25) is 0 Å². The third-order valence-electron chi connectivity index (χ3n) is 4.44. The second kappa shape index (κ2) is 5.62. The van der Waals surface area contributed by atoms with Gasteiger partial charge in [-0.15, -0.1) is 0 Å². The van der Waals surface area contributed by atoms with Crippen LogP contribution in [0, 0.1) is 5.92 Å². The molecule has 0 aromatic heterocycles. The Hall–Kier alpha value is -1.47. The Balaban J connectivity index is 1.56. The fourth-order valence-corrected chi connectivity index (χ4v) is 3.40. The van der Waals surface area contributed by atoms with Crippen LogP contribution in [-0.2, 0) is 28.5 Å². The van der Waals surface area contributed by atoms with Gasteiger partial charge >= 0.3 is 5.97 Å². The molecule has 0 bridgehead atoms. The molecule has 6 atom stereocenters. The predicted octanol–water partition coefficient (Wildman–Crippen LogP) is 1.40. The molecule has 22 heavy (non-hydrogen) atoms. The Morgan fingerprint density at radius 2 is 1.95 bits per heavy atom. The lowest BCUT2D eigenvalue weighted by molar-refractivity contribution is -0.343. The molecule has 3 saturated heterocycles. The van der Waals surface area contributed by atoms with Gasteiger partial charge in [0, 0.05) is 12.7 Å². The molecule has 1 aromatic carbocycles. The van der Waals surface area contributed by atoms with Crippen LogP contribution in [0.4, 0.5) is 0 Å². The molecule has 3 fully saturated rings. The van der Waals surface area contributed by atoms with E-state index in [4.69, 9.17) is 23.7 Å². The summed E-state index contributed by atoms with van der Waals surface area (Å²) in [5, 5.41) is 0. The number of rotatable bonds is 2. The first kappa shape index (κ1) is 14.1. The molecule has 0 radical (unpaired) electrons. The average Bonchev–Trinajstić information content (AvgIpc) is 2.96. The van der Waals surface area contributed by atoms with Gasteiger partial charge in [0.05, 0.1) is 18.9 Å². The van der Waals surface area contributed by atoms with E-state index >= 15 is 0 Å². The number of hydrogen-bond donors (Lipinski definition) is 0. The summed E-state index contributed by atoms with van der Waals surface area (Å²) in [4.78, 5) is 11.7. The molecule has 0 spiro atoms. The lowest BCUT2D eigenvalue weighted by atomic mass is 9.90. The average molecular weight is 306 g/mol. The minimum Gasteiger partial charge on any atom is -0.459 e. The van der Waals surface area contributed by atoms with Crippen molar-refractivity contribution in [2.45, 2.75) is 37.3 Å². The van der Waals surface area contributed by atoms with E-state index in [9.17, 15) is 4.79 Å². The highest BCUT2D eigenvalue weighted by Crippen LogP contribution is 2.41. The number of hydrogen-bond acceptors (Lipinski definition) is 6. The summed E-state index contributed by atoms with van der Waals surface area (Å²) in [6.07, 6.45) is -1.60. The number of benzene rings is 1. The van der Waals surface area contributed by atoms with Gasteiger partial charge in [0.2, 0.25) is 0 Å². The summed E-state index contributed by atoms with van der Waals surface area (Å²) in [5.41, 5.74) is 0.940. The molecule has 3 aliphatic rings. The molecule has 118 valence electrons. The van der Waals surface area contributed by atoms with Gasteiger partial charge in [0.15, 0.2) is 12.6 Å². The van der Waals surface area contributed by atoms with Crippen LogP contribution >= 0.6 is 0 Å². The van der Waals surface area contributed by atoms with E-state index in [1.807, 2.05) is 30.3 Å². The molecule has 0 saturated carbocycles. The van der Waals surface area contributed by atoms with E-state index < -0.39 is 12.6 Å². The Bertz CT molecular complexity index is 547. The summed E-state index contributed by atoms with van der Waals surface area (Å²) < 4.78 is 28.5. The Kier molecular flexibility index (Phi) is 3.62. The summed E-state index contributed by atoms with van der Waals surface area (Å²) in [7, 11) is 1.57. The zero-order valence-corrected chi connectivity index (χ0v) is 12.2. The maximum absolute atomic E-state index is 11.7. The molecule has 0 amide bonds. The van der Waals surface area contributed by atoms with E-state index in [0.717, 1.165) is 5.56 Å². The van der Waals surface area contributed by atoms with Crippen molar-refractivity contribution in [3.63, 3.8) is 0 Å². The van der Waals surface area contributed by atoms with E-state index in [1.54, 1.807) is 7.11 Å². The summed E-state index contributed by atoms with van der Waals surface area (Å²) in [6.45, 7) is 0.380. The number of methoxy groups -OCH3 is 1. The van der Waals surface area contributed by atoms with Gasteiger partial charge in [-0.3, -0.25) is 4.79 Å². The van der Waals surface area contributed by atoms with Crippen molar-refractivity contribution in [1.82, 2.24) is 0 Å². The first-order valence-electron chi connectivity index (χ1n) is 7.46. The smallest absolute Gasteiger partial charge is 0.306 e. The van der Waals surface area contributed by atoms with Crippen LogP contribution in [0.3, 0.4) is 0 Å². The van der Waals surface area contributed by atoms with E-state index in [1.165, 1.54) is 0 Å². The van der Waals surface area contributed by atoms with Crippen LogP contribution in [0.5, 0.6) is 0 Å². The molecule has 6 heteroatoms. The highest BCUT2D eigenvalue weighted by Gasteiger charge is 2.55. The monoisotopic (exact) mass is 306 g/mol. The number of esters is 1. The molecule has 1 unspecified atom stereocenters. The summed E-state index contributed by atoms with van der Waals surface area (Å²) >= 11 is 0. The predicted molar refractivity (Wildman–Crippen MR) is 73.7 cm³/mol. The molecule has 6 nitrogen and oxygen atoms in total. The molecular formula is C16H18O6. The largest absolute Gasteiger partial charge is 0.459 e. The topological polar surface area (TPSA) is 63.2 Å². The molecule has 0 N–H and O–H groups in total. The fourth-order valence-electron chi connectivity index (χ4n) is 3.40. The van der Waals surface area contributed by atoms with Crippen molar-refractivity contribution >= 4 is 5.97 Å². The van der Waals surface area contributed by atoms with Crippen molar-refractivity contribution in [3.8, 4) is 0 Å². The van der Waals surface area contributed by atoms with Crippen LogP contribution in [0.1, 0.15) is 18.3 Å². The van der Waals surface area contributed by atoms with Crippen molar-refractivity contribution in [2.75, 3.05) is 13.7 Å². The van der Waals surface area contributed by atoms with Gasteiger partial charge in [-0.05, 0) is 0 Å². The van der Waals surface area contributed by atoms with Crippen LogP contribution in [-0.4, -0.2) is 44.3 Å². The van der Waals surface area contributed by atoms with Gasteiger partial charge < -0.3 is 23.7 Å². The standard InChI is InChI=1S/C16H18O6/c1-18-16-10-7-12(17)21-13(10)14-11(20-16)8-19-15(22-14)9-5-3-2-4-6-9/h2-6,10-11,13-16H,7-8H2,1H3/t10-,11-,13+,14-,15?,16+/m1/s1. The maximum Gasteiger partial charge on any atom is 0.306 e. The number of fused-ring (bicyclic) bond motifs is 3. The highest BCUT2D eigenvalue weighted by atomic mass is 16.7. The third-order valence-corrected chi connectivity index (χ3v) is 4.44. The number of carbonyl (C=O) groups is 1. The van der Waals surface area contributed by atoms with Crippen LogP contribution in [0.25, 0.3) is 0 Å². The van der Waals surface area contributed by atoms with Gasteiger partial charge in [0.1, 0.15) is 18.3 Å². The zero-order chi connectivity index (χ0) is 15.1. The van der Waals surface area contributed by atoms with Gasteiger partial charge in [-0.25, -0.2) is 0 Å². The maximum atomic E-state index is 11.7. The van der Waals surface area contributed by atoms with Crippen LogP contribution in [0.15, 0.2) is 30.3 Å². The van der Waals surface area contributed by atoms with Gasteiger partial charge in [-0.1, -0.05) is 30.3 Å². The Morgan fingerprint density at radius 1 is 1.14 bits per heavy atom. The first-order valence-corrected chi connectivity index (χ1v) is 7.46. The molecule has 1 aromatic rings. The minimum atomic E-state index is -0.468.